The smallest absolute Gasteiger partial charge is 0.347 e. The number of carbonyl (C=O) groups is 2. The van der Waals surface area contributed by atoms with E-state index in [0.29, 0.717) is 0 Å². The van der Waals surface area contributed by atoms with Crippen molar-refractivity contribution in [3.63, 3.8) is 0 Å². The Labute approximate surface area is 92.7 Å². The second-order valence-electron chi connectivity index (χ2n) is 2.41. The summed E-state index contributed by atoms with van der Waals surface area (Å²) >= 11 is 0. The first-order valence-electron chi connectivity index (χ1n) is 4.51. The lowest BCUT2D eigenvalue weighted by Crippen LogP contribution is -2.20. The molecule has 0 aromatic carbocycles. The Balaban J connectivity index is 5.33. The summed E-state index contributed by atoms with van der Waals surface area (Å²) in [6, 6.07) is 2.89. The third kappa shape index (κ3) is 3.43. The van der Waals surface area contributed by atoms with Crippen molar-refractivity contribution >= 4 is 11.9 Å². The standard InChI is InChI=1S/C10H10N2O4/c1-3-15-9(13)8(7(5-11)6-12)10(14)16-4-2/h3-4H2,1-2H3. The van der Waals surface area contributed by atoms with E-state index in [4.69, 9.17) is 10.5 Å². The van der Waals surface area contributed by atoms with Gasteiger partial charge in [-0.3, -0.25) is 0 Å². The Morgan fingerprint density at radius 1 is 1.00 bits per heavy atom. The SMILES string of the molecule is CCOC(=O)C(C(=O)OCC)=C(C#N)C#N. The molecular formula is C10H10N2O4. The minimum atomic E-state index is -1.03. The zero-order chi connectivity index (χ0) is 12.6. The average Bonchev–Trinajstić information content (AvgIpc) is 2.25. The van der Waals surface area contributed by atoms with E-state index in [9.17, 15) is 9.59 Å². The van der Waals surface area contributed by atoms with Gasteiger partial charge in [0.15, 0.2) is 11.1 Å². The lowest BCUT2D eigenvalue weighted by Gasteiger charge is -2.05. The molecule has 0 spiro atoms. The van der Waals surface area contributed by atoms with Gasteiger partial charge in [-0.25, -0.2) is 9.59 Å². The molecule has 6 heteroatoms. The van der Waals surface area contributed by atoms with Crippen molar-refractivity contribution in [1.29, 1.82) is 10.5 Å². The van der Waals surface area contributed by atoms with Gasteiger partial charge in [0.25, 0.3) is 0 Å². The Hall–Kier alpha value is -2.34. The molecule has 0 aromatic rings. The van der Waals surface area contributed by atoms with Gasteiger partial charge in [0.05, 0.1) is 13.2 Å². The number of hydrogen-bond acceptors (Lipinski definition) is 6. The van der Waals surface area contributed by atoms with Gasteiger partial charge in [-0.15, -0.1) is 0 Å². The van der Waals surface area contributed by atoms with Gasteiger partial charge in [-0.2, -0.15) is 10.5 Å². The first kappa shape index (κ1) is 13.7. The second kappa shape index (κ2) is 7.02. The van der Waals surface area contributed by atoms with Crippen molar-refractivity contribution in [2.75, 3.05) is 13.2 Å². The number of carbonyl (C=O) groups excluding carboxylic acids is 2. The van der Waals surface area contributed by atoms with Crippen LogP contribution in [0.1, 0.15) is 13.8 Å². The quantitative estimate of drug-likeness (QED) is 0.225. The summed E-state index contributed by atoms with van der Waals surface area (Å²) in [6.45, 7) is 3.15. The van der Waals surface area contributed by atoms with E-state index in [1.54, 1.807) is 13.8 Å². The van der Waals surface area contributed by atoms with Crippen molar-refractivity contribution in [3.8, 4) is 12.1 Å². The molecule has 0 saturated carbocycles. The Kier molecular flexibility index (Phi) is 5.99. The van der Waals surface area contributed by atoms with Gasteiger partial charge >= 0.3 is 11.9 Å². The van der Waals surface area contributed by atoms with Crippen LogP contribution in [0.4, 0.5) is 0 Å². The minimum absolute atomic E-state index is 0.0336. The number of nitrogens with zero attached hydrogens (tertiary/aromatic N) is 2. The van der Waals surface area contributed by atoms with E-state index in [1.807, 2.05) is 0 Å². The molecule has 0 rings (SSSR count). The van der Waals surface area contributed by atoms with Gasteiger partial charge in [-0.1, -0.05) is 0 Å². The van der Waals surface area contributed by atoms with Crippen LogP contribution in [0.5, 0.6) is 0 Å². The molecule has 0 aliphatic carbocycles. The van der Waals surface area contributed by atoms with Crippen LogP contribution in [0, 0.1) is 22.7 Å². The number of allylic oxidation sites excluding steroid dienone is 1. The van der Waals surface area contributed by atoms with Crippen LogP contribution in [0.2, 0.25) is 0 Å². The molecule has 0 amide bonds. The summed E-state index contributed by atoms with van der Waals surface area (Å²) in [5.74, 6) is -2.06. The number of nitriles is 2. The van der Waals surface area contributed by atoms with Crippen molar-refractivity contribution in [2.45, 2.75) is 13.8 Å². The molecule has 6 nitrogen and oxygen atoms in total. The molecule has 0 unspecified atom stereocenters. The first-order chi connectivity index (χ1) is 7.62. The van der Waals surface area contributed by atoms with E-state index in [0.717, 1.165) is 0 Å². The van der Waals surface area contributed by atoms with Crippen molar-refractivity contribution in [3.05, 3.63) is 11.1 Å². The second-order valence-corrected chi connectivity index (χ2v) is 2.41. The monoisotopic (exact) mass is 222 g/mol. The summed E-state index contributed by atoms with van der Waals surface area (Å²) in [5.41, 5.74) is -1.27. The van der Waals surface area contributed by atoms with Crippen LogP contribution >= 0.6 is 0 Å². The molecule has 84 valence electrons. The third-order valence-electron chi connectivity index (χ3n) is 1.43. The fraction of sp³-hybridized carbons (Fsp3) is 0.400. The van der Waals surface area contributed by atoms with Gasteiger partial charge in [-0.05, 0) is 13.8 Å². The lowest BCUT2D eigenvalue weighted by molar-refractivity contribution is -0.146. The van der Waals surface area contributed by atoms with E-state index >= 15 is 0 Å². The number of hydrogen-bond donors (Lipinski definition) is 0. The van der Waals surface area contributed by atoms with E-state index in [1.165, 1.54) is 12.1 Å². The average molecular weight is 222 g/mol. The van der Waals surface area contributed by atoms with Crippen LogP contribution in [0.25, 0.3) is 0 Å². The van der Waals surface area contributed by atoms with E-state index < -0.39 is 23.1 Å². The summed E-state index contributed by atoms with van der Waals surface area (Å²) in [7, 11) is 0. The van der Waals surface area contributed by atoms with Crippen LogP contribution in [-0.2, 0) is 19.1 Å². The zero-order valence-corrected chi connectivity index (χ0v) is 8.94. The molecule has 0 heterocycles. The largest absolute Gasteiger partial charge is 0.462 e. The van der Waals surface area contributed by atoms with Crippen molar-refractivity contribution in [2.24, 2.45) is 0 Å². The minimum Gasteiger partial charge on any atom is -0.462 e. The normalized spacial score (nSPS) is 8.25. The Morgan fingerprint density at radius 3 is 1.62 bits per heavy atom. The van der Waals surface area contributed by atoms with E-state index in [-0.39, 0.29) is 13.2 Å². The predicted molar refractivity (Wildman–Crippen MR) is 51.5 cm³/mol. The third-order valence-corrected chi connectivity index (χ3v) is 1.43. The molecular weight excluding hydrogens is 212 g/mol. The molecule has 16 heavy (non-hydrogen) atoms. The number of rotatable bonds is 4. The molecule has 0 saturated heterocycles. The molecule has 0 atom stereocenters. The first-order valence-corrected chi connectivity index (χ1v) is 4.51. The Bertz CT molecular complexity index is 362. The fourth-order valence-electron chi connectivity index (χ4n) is 0.831. The highest BCUT2D eigenvalue weighted by molar-refractivity contribution is 6.15. The van der Waals surface area contributed by atoms with Gasteiger partial charge in [0, 0.05) is 0 Å². The molecule has 0 bridgehead atoms. The summed E-state index contributed by atoms with van der Waals surface area (Å²) < 4.78 is 9.11. The van der Waals surface area contributed by atoms with Gasteiger partial charge in [0.1, 0.15) is 12.1 Å². The van der Waals surface area contributed by atoms with Gasteiger partial charge in [0.2, 0.25) is 0 Å². The molecule has 0 N–H and O–H groups in total. The highest BCUT2D eigenvalue weighted by Gasteiger charge is 2.26. The van der Waals surface area contributed by atoms with Crippen LogP contribution < -0.4 is 0 Å². The fourth-order valence-corrected chi connectivity index (χ4v) is 0.831. The summed E-state index contributed by atoms with van der Waals surface area (Å²) in [5, 5.41) is 17.2. The summed E-state index contributed by atoms with van der Waals surface area (Å²) in [4.78, 5) is 22.7. The molecule has 0 aromatic heterocycles. The predicted octanol–water partition coefficient (Wildman–Crippen LogP) is 0.456. The molecule has 0 aliphatic rings. The van der Waals surface area contributed by atoms with Crippen LogP contribution in [0.15, 0.2) is 11.1 Å². The lowest BCUT2D eigenvalue weighted by atomic mass is 10.1. The van der Waals surface area contributed by atoms with E-state index in [2.05, 4.69) is 9.47 Å². The molecule has 0 fully saturated rings. The molecule has 0 aliphatic heterocycles. The molecule has 0 radical (unpaired) electrons. The topological polar surface area (TPSA) is 100 Å². The summed E-state index contributed by atoms with van der Waals surface area (Å²) in [6.07, 6.45) is 0. The Morgan fingerprint density at radius 2 is 1.38 bits per heavy atom. The van der Waals surface area contributed by atoms with Crippen LogP contribution in [0.3, 0.4) is 0 Å². The number of esters is 2. The maximum atomic E-state index is 11.3. The number of ether oxygens (including phenoxy) is 2. The highest BCUT2D eigenvalue weighted by Crippen LogP contribution is 2.08. The maximum absolute atomic E-state index is 11.3. The zero-order valence-electron chi connectivity index (χ0n) is 8.94. The maximum Gasteiger partial charge on any atom is 0.347 e. The van der Waals surface area contributed by atoms with Crippen molar-refractivity contribution < 1.29 is 19.1 Å². The van der Waals surface area contributed by atoms with Crippen LogP contribution in [-0.4, -0.2) is 25.2 Å². The van der Waals surface area contributed by atoms with Gasteiger partial charge < -0.3 is 9.47 Å². The highest BCUT2D eigenvalue weighted by atomic mass is 16.6. The van der Waals surface area contributed by atoms with Crippen molar-refractivity contribution in [1.82, 2.24) is 0 Å².